The Bertz CT molecular complexity index is 2290. The van der Waals surface area contributed by atoms with Crippen LogP contribution in [0.2, 0.25) is 0 Å². The maximum absolute atomic E-state index is 13.4. The predicted molar refractivity (Wildman–Crippen MR) is 186 cm³/mol. The van der Waals surface area contributed by atoms with Crippen LogP contribution in [0.1, 0.15) is 5.56 Å². The van der Waals surface area contributed by atoms with Gasteiger partial charge in [0.2, 0.25) is 5.91 Å². The number of H-pyrrole nitrogens is 1. The number of amides is 1. The fourth-order valence-electron chi connectivity index (χ4n) is 5.65. The number of fused-ring (bicyclic) bond motifs is 3. The van der Waals surface area contributed by atoms with Crippen molar-refractivity contribution in [2.45, 2.75) is 10.6 Å². The number of nitrogens with zero attached hydrogens (tertiary/aromatic N) is 4. The molecule has 0 spiro atoms. The van der Waals surface area contributed by atoms with Gasteiger partial charge in [0.15, 0.2) is 0 Å². The summed E-state index contributed by atoms with van der Waals surface area (Å²) in [7, 11) is -0.357. The summed E-state index contributed by atoms with van der Waals surface area (Å²) in [5.74, 6) is -0.0329. The number of aromatic nitrogens is 3. The Morgan fingerprint density at radius 3 is 2.35 bits per heavy atom. The zero-order valence-corrected chi connectivity index (χ0v) is 26.7. The summed E-state index contributed by atoms with van der Waals surface area (Å²) in [5.41, 5.74) is 7.58. The van der Waals surface area contributed by atoms with E-state index >= 15 is 0 Å². The van der Waals surface area contributed by atoms with Crippen molar-refractivity contribution in [3.63, 3.8) is 0 Å². The van der Waals surface area contributed by atoms with Gasteiger partial charge in [-0.1, -0.05) is 54.6 Å². The Morgan fingerprint density at radius 2 is 1.63 bits per heavy atom. The van der Waals surface area contributed by atoms with Gasteiger partial charge in [-0.05, 0) is 64.5 Å². The van der Waals surface area contributed by atoms with E-state index in [1.807, 2.05) is 72.9 Å². The van der Waals surface area contributed by atoms with Crippen LogP contribution in [-0.2, 0) is 21.2 Å². The summed E-state index contributed by atoms with van der Waals surface area (Å²) in [6, 6.07) is 30.7. The van der Waals surface area contributed by atoms with Gasteiger partial charge in [-0.25, -0.2) is 13.4 Å². The lowest BCUT2D eigenvalue weighted by atomic mass is 9.92. The van der Waals surface area contributed by atoms with E-state index < -0.39 is 10.0 Å². The minimum absolute atomic E-state index is 0.0329. The molecule has 4 aromatic heterocycles. The molecule has 228 valence electrons. The van der Waals surface area contributed by atoms with Crippen molar-refractivity contribution in [2.75, 3.05) is 23.3 Å². The monoisotopic (exact) mass is 643 g/mol. The molecule has 0 atom stereocenters. The highest BCUT2D eigenvalue weighted by Gasteiger charge is 2.24. The topological polar surface area (TPSA) is 99.3 Å². The molecule has 7 aromatic rings. The van der Waals surface area contributed by atoms with Gasteiger partial charge in [-0.3, -0.25) is 14.1 Å². The van der Waals surface area contributed by atoms with Crippen molar-refractivity contribution in [3.05, 3.63) is 127 Å². The van der Waals surface area contributed by atoms with Gasteiger partial charge in [-0.15, -0.1) is 11.3 Å². The van der Waals surface area contributed by atoms with Crippen LogP contribution in [0.15, 0.2) is 125 Å². The molecule has 1 amide bonds. The number of carbonyl (C=O) groups excluding carboxylic acids is 1. The average molecular weight is 644 g/mol. The fraction of sp³-hybridized carbons (Fsp3) is 0.0833. The van der Waals surface area contributed by atoms with Crippen LogP contribution in [0.4, 0.5) is 11.4 Å². The Morgan fingerprint density at radius 1 is 0.848 bits per heavy atom. The average Bonchev–Trinajstić information content (AvgIpc) is 3.77. The highest BCUT2D eigenvalue weighted by atomic mass is 32.2. The van der Waals surface area contributed by atoms with Crippen molar-refractivity contribution >= 4 is 60.6 Å². The number of aromatic amines is 1. The number of nitrogens with one attached hydrogen (secondary N) is 1. The molecule has 4 heterocycles. The maximum Gasteiger partial charge on any atom is 0.273 e. The second-order valence-corrected chi connectivity index (χ2v) is 14.1. The van der Waals surface area contributed by atoms with Gasteiger partial charge in [0.25, 0.3) is 10.0 Å². The summed E-state index contributed by atoms with van der Waals surface area (Å²) in [6.45, 7) is 0. The van der Waals surface area contributed by atoms with E-state index in [9.17, 15) is 13.2 Å². The van der Waals surface area contributed by atoms with Gasteiger partial charge in [0.05, 0.1) is 12.1 Å². The lowest BCUT2D eigenvalue weighted by molar-refractivity contribution is -0.117. The molecule has 0 bridgehead atoms. The van der Waals surface area contributed by atoms with Crippen molar-refractivity contribution in [1.82, 2.24) is 15.0 Å². The van der Waals surface area contributed by atoms with Crippen LogP contribution in [0.5, 0.6) is 0 Å². The normalized spacial score (nSPS) is 11.6. The molecule has 0 aliphatic rings. The van der Waals surface area contributed by atoms with E-state index in [1.165, 1.54) is 15.6 Å². The third-order valence-electron chi connectivity index (χ3n) is 8.16. The van der Waals surface area contributed by atoms with E-state index in [4.69, 9.17) is 4.98 Å². The molecule has 8 nitrogen and oxygen atoms in total. The molecule has 0 fully saturated rings. The molecule has 0 unspecified atom stereocenters. The number of likely N-dealkylation sites (N-methyl/N-ethyl adjacent to an activating group) is 1. The smallest absolute Gasteiger partial charge is 0.273 e. The van der Waals surface area contributed by atoms with E-state index in [1.54, 1.807) is 55.0 Å². The molecular weight excluding hydrogens is 615 g/mol. The van der Waals surface area contributed by atoms with Gasteiger partial charge < -0.3 is 9.88 Å². The number of thiophene rings is 1. The summed E-state index contributed by atoms with van der Waals surface area (Å²) < 4.78 is 28.3. The summed E-state index contributed by atoms with van der Waals surface area (Å²) in [4.78, 5) is 27.0. The first-order valence-corrected chi connectivity index (χ1v) is 16.9. The SMILES string of the molecule is CN(C(=O)Cc1cccnc1)c1ccc(-c2cnc3[nH]c4ccc(N(C)S(=O)(=O)c5cccs5)cc4c3c2-c2ccccc2)cc1. The van der Waals surface area contributed by atoms with Gasteiger partial charge >= 0.3 is 0 Å². The largest absolute Gasteiger partial charge is 0.339 e. The van der Waals surface area contributed by atoms with E-state index in [-0.39, 0.29) is 16.5 Å². The second-order valence-electron chi connectivity index (χ2n) is 10.9. The first-order valence-electron chi connectivity index (χ1n) is 14.6. The number of pyridine rings is 2. The van der Waals surface area contributed by atoms with E-state index in [2.05, 4.69) is 22.1 Å². The molecule has 1 N–H and O–H groups in total. The molecular formula is C36H29N5O3S2. The molecule has 46 heavy (non-hydrogen) atoms. The Kier molecular flexibility index (Phi) is 7.59. The first-order chi connectivity index (χ1) is 22.3. The minimum Gasteiger partial charge on any atom is -0.339 e. The Labute approximate surface area is 270 Å². The van der Waals surface area contributed by atoms with Crippen LogP contribution < -0.4 is 9.21 Å². The van der Waals surface area contributed by atoms with E-state index in [0.29, 0.717) is 11.3 Å². The third-order valence-corrected chi connectivity index (χ3v) is 11.3. The van der Waals surface area contributed by atoms with E-state index in [0.717, 1.165) is 49.8 Å². The summed E-state index contributed by atoms with van der Waals surface area (Å²) >= 11 is 1.19. The van der Waals surface area contributed by atoms with Crippen molar-refractivity contribution < 1.29 is 13.2 Å². The maximum atomic E-state index is 13.4. The molecule has 0 aliphatic carbocycles. The highest BCUT2D eigenvalue weighted by Crippen LogP contribution is 2.42. The van der Waals surface area contributed by atoms with Crippen molar-refractivity contribution in [1.29, 1.82) is 0 Å². The van der Waals surface area contributed by atoms with Crippen molar-refractivity contribution in [2.24, 2.45) is 0 Å². The number of hydrogen-bond donors (Lipinski definition) is 1. The van der Waals surface area contributed by atoms with Crippen LogP contribution in [0, 0.1) is 0 Å². The lowest BCUT2D eigenvalue weighted by Crippen LogP contribution is -2.27. The second kappa shape index (κ2) is 11.9. The van der Waals surface area contributed by atoms with Crippen LogP contribution in [-0.4, -0.2) is 43.4 Å². The summed E-state index contributed by atoms with van der Waals surface area (Å²) in [6.07, 6.45) is 5.52. The number of benzene rings is 3. The van der Waals surface area contributed by atoms with Gasteiger partial charge in [0, 0.05) is 65.8 Å². The minimum atomic E-state index is -3.71. The Balaban J connectivity index is 1.32. The molecule has 0 radical (unpaired) electrons. The van der Waals surface area contributed by atoms with Crippen LogP contribution in [0.25, 0.3) is 44.2 Å². The standard InChI is InChI=1S/C36H29N5O3S2/c1-40(32(42)20-24-8-6-18-37-22-24)27-14-12-25(13-15-27)30-23-38-36-35(34(30)26-9-4-3-5-10-26)29-21-28(16-17-31(29)39-36)41(2)46(43,44)33-11-7-19-45-33/h3-19,21-23H,20H2,1-2H3,(H,38,39). The number of carbonyl (C=O) groups is 1. The van der Waals surface area contributed by atoms with Crippen molar-refractivity contribution in [3.8, 4) is 22.3 Å². The molecule has 10 heteroatoms. The zero-order valence-electron chi connectivity index (χ0n) is 25.1. The van der Waals surface area contributed by atoms with Crippen LogP contribution in [0.3, 0.4) is 0 Å². The lowest BCUT2D eigenvalue weighted by Gasteiger charge is -2.19. The molecule has 0 saturated carbocycles. The molecule has 3 aromatic carbocycles. The fourth-order valence-corrected chi connectivity index (χ4v) is 8.00. The number of anilines is 2. The highest BCUT2D eigenvalue weighted by molar-refractivity contribution is 7.94. The molecule has 0 saturated heterocycles. The van der Waals surface area contributed by atoms with Gasteiger partial charge in [-0.2, -0.15) is 0 Å². The number of sulfonamides is 1. The number of hydrogen-bond acceptors (Lipinski definition) is 6. The quantitative estimate of drug-likeness (QED) is 0.185. The van der Waals surface area contributed by atoms with Crippen LogP contribution >= 0.6 is 11.3 Å². The molecule has 7 rings (SSSR count). The first kappa shape index (κ1) is 29.4. The zero-order chi connectivity index (χ0) is 31.8. The third kappa shape index (κ3) is 5.31. The number of rotatable bonds is 8. The molecule has 0 aliphatic heterocycles. The summed E-state index contributed by atoms with van der Waals surface area (Å²) in [5, 5.41) is 3.52. The Hall–Kier alpha value is -5.32. The predicted octanol–water partition coefficient (Wildman–Crippen LogP) is 7.54. The van der Waals surface area contributed by atoms with Gasteiger partial charge in [0.1, 0.15) is 9.86 Å².